The van der Waals surface area contributed by atoms with Crippen molar-refractivity contribution < 1.29 is 23.7 Å². The summed E-state index contributed by atoms with van der Waals surface area (Å²) in [5.74, 6) is 2.00. The third-order valence-electron chi connectivity index (χ3n) is 3.73. The Bertz CT molecular complexity index is 829. The van der Waals surface area contributed by atoms with Crippen LogP contribution in [0.1, 0.15) is 15.9 Å². The lowest BCUT2D eigenvalue weighted by Crippen LogP contribution is -2.15. The van der Waals surface area contributed by atoms with E-state index in [4.69, 9.17) is 30.5 Å². The van der Waals surface area contributed by atoms with Crippen molar-refractivity contribution in [2.24, 2.45) is 0 Å². The molecule has 0 amide bonds. The van der Waals surface area contributed by atoms with Gasteiger partial charge in [0.25, 0.3) is 0 Å². The van der Waals surface area contributed by atoms with Gasteiger partial charge < -0.3 is 18.9 Å². The molecule has 0 unspecified atom stereocenters. The Morgan fingerprint density at radius 3 is 2.48 bits per heavy atom. The minimum atomic E-state index is -0.226. The summed E-state index contributed by atoms with van der Waals surface area (Å²) in [6.45, 7) is 1.05. The molecular formula is C19H17ClO5. The van der Waals surface area contributed by atoms with Crippen molar-refractivity contribution in [3.8, 4) is 23.0 Å². The van der Waals surface area contributed by atoms with Crippen LogP contribution in [0.2, 0.25) is 5.02 Å². The summed E-state index contributed by atoms with van der Waals surface area (Å²) in [5.41, 5.74) is 1.19. The summed E-state index contributed by atoms with van der Waals surface area (Å²) in [6.07, 6.45) is 3.17. The van der Waals surface area contributed by atoms with E-state index in [1.807, 2.05) is 18.2 Å². The van der Waals surface area contributed by atoms with Crippen LogP contribution in [0.4, 0.5) is 0 Å². The molecule has 0 radical (unpaired) electrons. The second-order valence-electron chi connectivity index (χ2n) is 5.29. The summed E-state index contributed by atoms with van der Waals surface area (Å²) >= 11 is 6.11. The van der Waals surface area contributed by atoms with E-state index < -0.39 is 0 Å². The second-order valence-corrected chi connectivity index (χ2v) is 5.69. The Kier molecular flexibility index (Phi) is 5.14. The summed E-state index contributed by atoms with van der Waals surface area (Å²) in [7, 11) is 2.99. The molecule has 5 nitrogen and oxygen atoms in total. The number of carbonyl (C=O) groups excluding carboxylic acids is 1. The Labute approximate surface area is 150 Å². The quantitative estimate of drug-likeness (QED) is 0.595. The zero-order chi connectivity index (χ0) is 17.8. The Morgan fingerprint density at radius 2 is 1.76 bits per heavy atom. The van der Waals surface area contributed by atoms with Gasteiger partial charge in [0, 0.05) is 6.07 Å². The fraction of sp³-hybridized carbons (Fsp3) is 0.211. The van der Waals surface area contributed by atoms with Crippen molar-refractivity contribution in [3.63, 3.8) is 0 Å². The zero-order valence-corrected chi connectivity index (χ0v) is 14.6. The minimum Gasteiger partial charge on any atom is -0.496 e. The standard InChI is InChI=1S/C19H17ClO5/c1-22-17-11-18(23-2)14(20)10-13(17)15(21)5-3-12-4-6-16-19(9-12)25-8-7-24-16/h3-6,9-11H,7-8H2,1-2H3. The summed E-state index contributed by atoms with van der Waals surface area (Å²) in [5, 5.41) is 0.347. The van der Waals surface area contributed by atoms with E-state index in [0.717, 1.165) is 5.56 Å². The smallest absolute Gasteiger partial charge is 0.189 e. The van der Waals surface area contributed by atoms with Gasteiger partial charge >= 0.3 is 0 Å². The molecule has 0 aromatic heterocycles. The van der Waals surface area contributed by atoms with Gasteiger partial charge in [-0.2, -0.15) is 0 Å². The van der Waals surface area contributed by atoms with Crippen LogP contribution >= 0.6 is 11.6 Å². The van der Waals surface area contributed by atoms with E-state index in [-0.39, 0.29) is 5.78 Å². The van der Waals surface area contributed by atoms with Gasteiger partial charge in [-0.3, -0.25) is 4.79 Å². The molecule has 0 saturated carbocycles. The van der Waals surface area contributed by atoms with Crippen LogP contribution in [-0.2, 0) is 0 Å². The highest BCUT2D eigenvalue weighted by atomic mass is 35.5. The number of hydrogen-bond donors (Lipinski definition) is 0. The summed E-state index contributed by atoms with van der Waals surface area (Å²) in [4.78, 5) is 12.5. The summed E-state index contributed by atoms with van der Waals surface area (Å²) in [6, 6.07) is 8.64. The molecule has 0 N–H and O–H groups in total. The van der Waals surface area contributed by atoms with Gasteiger partial charge in [0.15, 0.2) is 17.3 Å². The highest BCUT2D eigenvalue weighted by Gasteiger charge is 2.15. The lowest BCUT2D eigenvalue weighted by Gasteiger charge is -2.18. The van der Waals surface area contributed by atoms with E-state index in [1.165, 1.54) is 26.4 Å². The first-order valence-electron chi connectivity index (χ1n) is 7.66. The largest absolute Gasteiger partial charge is 0.496 e. The normalized spacial score (nSPS) is 12.9. The van der Waals surface area contributed by atoms with Crippen LogP contribution in [0.5, 0.6) is 23.0 Å². The predicted molar refractivity (Wildman–Crippen MR) is 95.4 cm³/mol. The van der Waals surface area contributed by atoms with Crippen LogP contribution in [0.3, 0.4) is 0 Å². The molecule has 1 aliphatic rings. The SMILES string of the molecule is COc1cc(OC)c(C(=O)C=Cc2ccc3c(c2)OCCO3)cc1Cl. The number of methoxy groups -OCH3 is 2. The van der Waals surface area contributed by atoms with E-state index in [1.54, 1.807) is 12.1 Å². The monoisotopic (exact) mass is 360 g/mol. The van der Waals surface area contributed by atoms with Crippen LogP contribution in [0, 0.1) is 0 Å². The average Bonchev–Trinajstić information content (AvgIpc) is 2.65. The van der Waals surface area contributed by atoms with Crippen molar-refractivity contribution >= 4 is 23.5 Å². The number of ketones is 1. The first kappa shape index (κ1) is 17.2. The highest BCUT2D eigenvalue weighted by molar-refractivity contribution is 6.32. The van der Waals surface area contributed by atoms with E-state index in [0.29, 0.717) is 46.8 Å². The third kappa shape index (κ3) is 3.72. The van der Waals surface area contributed by atoms with Crippen molar-refractivity contribution in [3.05, 3.63) is 52.6 Å². The molecule has 0 aliphatic carbocycles. The predicted octanol–water partition coefficient (Wildman–Crippen LogP) is 4.02. The van der Waals surface area contributed by atoms with Gasteiger partial charge in [0.2, 0.25) is 0 Å². The molecule has 0 spiro atoms. The third-order valence-corrected chi connectivity index (χ3v) is 4.03. The lowest BCUT2D eigenvalue weighted by molar-refractivity contribution is 0.104. The first-order valence-corrected chi connectivity index (χ1v) is 8.03. The van der Waals surface area contributed by atoms with Gasteiger partial charge in [-0.15, -0.1) is 0 Å². The molecular weight excluding hydrogens is 344 g/mol. The summed E-state index contributed by atoms with van der Waals surface area (Å²) < 4.78 is 21.4. The number of rotatable bonds is 5. The molecule has 2 aromatic carbocycles. The Morgan fingerprint density at radius 1 is 1.04 bits per heavy atom. The zero-order valence-electron chi connectivity index (χ0n) is 13.9. The maximum atomic E-state index is 12.5. The van der Waals surface area contributed by atoms with Gasteiger partial charge in [0.05, 0.1) is 24.8 Å². The average molecular weight is 361 g/mol. The maximum Gasteiger partial charge on any atom is 0.189 e. The molecule has 130 valence electrons. The lowest BCUT2D eigenvalue weighted by atomic mass is 10.1. The molecule has 1 heterocycles. The number of hydrogen-bond acceptors (Lipinski definition) is 5. The number of allylic oxidation sites excluding steroid dienone is 1. The van der Waals surface area contributed by atoms with E-state index >= 15 is 0 Å². The molecule has 0 saturated heterocycles. The van der Waals surface area contributed by atoms with Gasteiger partial charge in [0.1, 0.15) is 24.7 Å². The maximum absolute atomic E-state index is 12.5. The van der Waals surface area contributed by atoms with Crippen LogP contribution in [0.25, 0.3) is 6.08 Å². The number of ether oxygens (including phenoxy) is 4. The molecule has 6 heteroatoms. The van der Waals surface area contributed by atoms with Crippen molar-refractivity contribution in [2.75, 3.05) is 27.4 Å². The van der Waals surface area contributed by atoms with E-state index in [9.17, 15) is 4.79 Å². The van der Waals surface area contributed by atoms with Crippen molar-refractivity contribution in [1.82, 2.24) is 0 Å². The van der Waals surface area contributed by atoms with E-state index in [2.05, 4.69) is 0 Å². The topological polar surface area (TPSA) is 54.0 Å². The number of carbonyl (C=O) groups is 1. The van der Waals surface area contributed by atoms with Crippen molar-refractivity contribution in [2.45, 2.75) is 0 Å². The van der Waals surface area contributed by atoms with Crippen LogP contribution in [-0.4, -0.2) is 33.2 Å². The molecule has 0 bridgehead atoms. The molecule has 0 atom stereocenters. The molecule has 3 rings (SSSR count). The fourth-order valence-electron chi connectivity index (χ4n) is 2.48. The van der Waals surface area contributed by atoms with Crippen LogP contribution < -0.4 is 18.9 Å². The number of fused-ring (bicyclic) bond motifs is 1. The number of benzene rings is 2. The van der Waals surface area contributed by atoms with Gasteiger partial charge in [-0.05, 0) is 29.8 Å². The van der Waals surface area contributed by atoms with Crippen LogP contribution in [0.15, 0.2) is 36.4 Å². The number of halogens is 1. The molecule has 2 aromatic rings. The van der Waals surface area contributed by atoms with Crippen molar-refractivity contribution in [1.29, 1.82) is 0 Å². The molecule has 1 aliphatic heterocycles. The Balaban J connectivity index is 1.84. The van der Waals surface area contributed by atoms with Gasteiger partial charge in [-0.1, -0.05) is 23.7 Å². The minimum absolute atomic E-state index is 0.226. The second kappa shape index (κ2) is 7.49. The fourth-order valence-corrected chi connectivity index (χ4v) is 2.72. The Hall–Kier alpha value is -2.66. The van der Waals surface area contributed by atoms with Gasteiger partial charge in [-0.25, -0.2) is 0 Å². The molecule has 0 fully saturated rings. The molecule has 25 heavy (non-hydrogen) atoms. The highest BCUT2D eigenvalue weighted by Crippen LogP contribution is 2.33. The first-order chi connectivity index (χ1) is 12.1.